The fourth-order valence-corrected chi connectivity index (χ4v) is 2.00. The first kappa shape index (κ1) is 23.0. The van der Waals surface area contributed by atoms with Gasteiger partial charge in [-0.3, -0.25) is 9.89 Å². The molecule has 1 unspecified atom stereocenters. The summed E-state index contributed by atoms with van der Waals surface area (Å²) in [4.78, 5) is 5.50. The smallest absolute Gasteiger partial charge is 0.401 e. The van der Waals surface area contributed by atoms with Crippen molar-refractivity contribution < 1.29 is 17.6 Å². The highest BCUT2D eigenvalue weighted by Gasteiger charge is 2.28. The number of aryl methyl sites for hydroxylation is 1. The molecule has 1 atom stereocenters. The maximum atomic E-state index is 12.3. The minimum absolute atomic E-state index is 0. The predicted molar refractivity (Wildman–Crippen MR) is 99.9 cm³/mol. The molecule has 0 saturated carbocycles. The normalized spacial score (nSPS) is 13.6. The zero-order valence-corrected chi connectivity index (χ0v) is 16.7. The molecule has 5 nitrogen and oxygen atoms in total. The van der Waals surface area contributed by atoms with Gasteiger partial charge in [0.2, 0.25) is 0 Å². The van der Waals surface area contributed by atoms with Gasteiger partial charge in [0.25, 0.3) is 0 Å². The minimum atomic E-state index is -4.19. The van der Waals surface area contributed by atoms with E-state index >= 15 is 0 Å². The van der Waals surface area contributed by atoms with Gasteiger partial charge in [0.05, 0.1) is 19.1 Å². The molecule has 0 aliphatic carbocycles. The fraction of sp³-hybridized carbons (Fsp3) is 0.667. The van der Waals surface area contributed by atoms with Crippen molar-refractivity contribution in [3.8, 4) is 0 Å². The molecule has 9 heteroatoms. The Morgan fingerprint density at radius 1 is 1.38 bits per heavy atom. The Morgan fingerprint density at radius 3 is 2.54 bits per heavy atom. The standard InChI is InChI=1S/C15H25F3N4O.HI/c1-5-19-14(20-8-9-22(4)10-15(16,17)18)21-12(3)13-7-6-11(2)23-13;/h6-7,12H,5,8-10H2,1-4H3,(H2,19,20,21);1H. The number of furan rings is 1. The van der Waals surface area contributed by atoms with E-state index in [-0.39, 0.29) is 43.1 Å². The lowest BCUT2D eigenvalue weighted by atomic mass is 10.2. The van der Waals surface area contributed by atoms with E-state index in [1.54, 1.807) is 0 Å². The van der Waals surface area contributed by atoms with Gasteiger partial charge in [0.1, 0.15) is 11.5 Å². The van der Waals surface area contributed by atoms with E-state index in [9.17, 15) is 13.2 Å². The maximum absolute atomic E-state index is 12.3. The lowest BCUT2D eigenvalue weighted by Gasteiger charge is -2.19. The van der Waals surface area contributed by atoms with Crippen LogP contribution in [0.5, 0.6) is 0 Å². The second kappa shape index (κ2) is 10.8. The number of rotatable bonds is 7. The van der Waals surface area contributed by atoms with Gasteiger partial charge < -0.3 is 15.1 Å². The van der Waals surface area contributed by atoms with Crippen LogP contribution in [0.25, 0.3) is 0 Å². The molecule has 0 spiro atoms. The summed E-state index contributed by atoms with van der Waals surface area (Å²) in [5.74, 6) is 2.15. The van der Waals surface area contributed by atoms with Crippen molar-refractivity contribution >= 4 is 29.9 Å². The second-order valence-electron chi connectivity index (χ2n) is 5.43. The molecular formula is C15H26F3IN4O. The first-order valence-corrected chi connectivity index (χ1v) is 7.57. The predicted octanol–water partition coefficient (Wildman–Crippen LogP) is 3.32. The van der Waals surface area contributed by atoms with Crippen molar-refractivity contribution in [3.05, 3.63) is 23.7 Å². The first-order valence-electron chi connectivity index (χ1n) is 7.57. The summed E-state index contributed by atoms with van der Waals surface area (Å²) >= 11 is 0. The van der Waals surface area contributed by atoms with Crippen LogP contribution < -0.4 is 10.6 Å². The third-order valence-corrected chi connectivity index (χ3v) is 3.09. The van der Waals surface area contributed by atoms with Gasteiger partial charge in [0, 0.05) is 13.1 Å². The molecule has 24 heavy (non-hydrogen) atoms. The second-order valence-corrected chi connectivity index (χ2v) is 5.43. The van der Waals surface area contributed by atoms with E-state index < -0.39 is 12.7 Å². The van der Waals surface area contributed by atoms with E-state index in [2.05, 4.69) is 15.6 Å². The van der Waals surface area contributed by atoms with Gasteiger partial charge in [-0.1, -0.05) is 0 Å². The van der Waals surface area contributed by atoms with Gasteiger partial charge in [-0.15, -0.1) is 24.0 Å². The van der Waals surface area contributed by atoms with Crippen molar-refractivity contribution in [2.45, 2.75) is 33.0 Å². The molecule has 1 aromatic heterocycles. The molecule has 140 valence electrons. The number of nitrogens with zero attached hydrogens (tertiary/aromatic N) is 2. The number of alkyl halides is 3. The van der Waals surface area contributed by atoms with Crippen LogP contribution in [0, 0.1) is 6.92 Å². The first-order chi connectivity index (χ1) is 10.7. The van der Waals surface area contributed by atoms with E-state index in [1.165, 1.54) is 11.9 Å². The highest BCUT2D eigenvalue weighted by Crippen LogP contribution is 2.16. The molecule has 0 amide bonds. The third kappa shape index (κ3) is 9.36. The zero-order valence-electron chi connectivity index (χ0n) is 14.4. The zero-order chi connectivity index (χ0) is 17.5. The quantitative estimate of drug-likeness (QED) is 0.371. The minimum Gasteiger partial charge on any atom is -0.464 e. The number of likely N-dealkylation sites (N-methyl/N-ethyl adjacent to an activating group) is 1. The summed E-state index contributed by atoms with van der Waals surface area (Å²) in [7, 11) is 1.43. The van der Waals surface area contributed by atoms with Gasteiger partial charge in [-0.05, 0) is 40.0 Å². The summed E-state index contributed by atoms with van der Waals surface area (Å²) in [6.45, 7) is 5.94. The monoisotopic (exact) mass is 462 g/mol. The molecule has 0 aliphatic heterocycles. The molecule has 0 radical (unpaired) electrons. The molecule has 0 aliphatic rings. The highest BCUT2D eigenvalue weighted by molar-refractivity contribution is 14.0. The van der Waals surface area contributed by atoms with Crippen molar-refractivity contribution in [2.24, 2.45) is 4.99 Å². The van der Waals surface area contributed by atoms with Crippen molar-refractivity contribution in [1.29, 1.82) is 0 Å². The van der Waals surface area contributed by atoms with E-state index in [4.69, 9.17) is 4.42 Å². The number of hydrogen-bond acceptors (Lipinski definition) is 3. The van der Waals surface area contributed by atoms with Gasteiger partial charge in [0.15, 0.2) is 5.96 Å². The molecule has 1 aromatic rings. The SMILES string of the molecule is CCNC(=NCCN(C)CC(F)(F)F)NC(C)c1ccc(C)o1.I. The van der Waals surface area contributed by atoms with E-state index in [1.807, 2.05) is 32.9 Å². The number of halogens is 4. The number of aliphatic imine (C=N–C) groups is 1. The topological polar surface area (TPSA) is 52.8 Å². The number of hydrogen-bond donors (Lipinski definition) is 2. The third-order valence-electron chi connectivity index (χ3n) is 3.09. The fourth-order valence-electron chi connectivity index (χ4n) is 2.00. The van der Waals surface area contributed by atoms with Gasteiger partial charge in [-0.2, -0.15) is 13.2 Å². The van der Waals surface area contributed by atoms with Crippen LogP contribution in [-0.4, -0.2) is 50.3 Å². The van der Waals surface area contributed by atoms with Crippen molar-refractivity contribution in [2.75, 3.05) is 33.2 Å². The van der Waals surface area contributed by atoms with E-state index in [0.717, 1.165) is 11.5 Å². The number of nitrogens with one attached hydrogen (secondary N) is 2. The van der Waals surface area contributed by atoms with Crippen LogP contribution in [0.15, 0.2) is 21.5 Å². The lowest BCUT2D eigenvalue weighted by molar-refractivity contribution is -0.142. The molecule has 0 fully saturated rings. The molecule has 0 saturated heterocycles. The summed E-state index contributed by atoms with van der Waals surface area (Å²) < 4.78 is 42.3. The van der Waals surface area contributed by atoms with Gasteiger partial charge in [-0.25, -0.2) is 0 Å². The Balaban J connectivity index is 0.00000529. The van der Waals surface area contributed by atoms with Crippen LogP contribution in [0.3, 0.4) is 0 Å². The summed E-state index contributed by atoms with van der Waals surface area (Å²) in [6, 6.07) is 3.67. The average Bonchev–Trinajstić information content (AvgIpc) is 2.83. The molecule has 2 N–H and O–H groups in total. The Labute approximate surface area is 158 Å². The summed E-state index contributed by atoms with van der Waals surface area (Å²) in [6.07, 6.45) is -4.19. The Bertz CT molecular complexity index is 505. The summed E-state index contributed by atoms with van der Waals surface area (Å²) in [5, 5.41) is 6.24. The van der Waals surface area contributed by atoms with E-state index in [0.29, 0.717) is 12.5 Å². The largest absolute Gasteiger partial charge is 0.464 e. The molecule has 0 bridgehead atoms. The molecule has 1 heterocycles. The molecular weight excluding hydrogens is 436 g/mol. The highest BCUT2D eigenvalue weighted by atomic mass is 127. The van der Waals surface area contributed by atoms with Gasteiger partial charge >= 0.3 is 6.18 Å². The number of guanidine groups is 1. The van der Waals surface area contributed by atoms with Crippen molar-refractivity contribution in [3.63, 3.8) is 0 Å². The van der Waals surface area contributed by atoms with Crippen LogP contribution in [0.4, 0.5) is 13.2 Å². The lowest BCUT2D eigenvalue weighted by Crippen LogP contribution is -2.39. The Morgan fingerprint density at radius 2 is 2.04 bits per heavy atom. The van der Waals surface area contributed by atoms with Crippen LogP contribution in [0.2, 0.25) is 0 Å². The van der Waals surface area contributed by atoms with Crippen LogP contribution >= 0.6 is 24.0 Å². The molecule has 1 rings (SSSR count). The van der Waals surface area contributed by atoms with Crippen molar-refractivity contribution in [1.82, 2.24) is 15.5 Å². The molecule has 0 aromatic carbocycles. The van der Waals surface area contributed by atoms with Crippen LogP contribution in [-0.2, 0) is 0 Å². The average molecular weight is 462 g/mol. The van der Waals surface area contributed by atoms with Crippen LogP contribution in [0.1, 0.15) is 31.4 Å². The summed E-state index contributed by atoms with van der Waals surface area (Å²) in [5.41, 5.74) is 0. The Hall–Kier alpha value is -0.970. The Kier molecular flexibility index (Phi) is 10.4. The maximum Gasteiger partial charge on any atom is 0.401 e.